The molecule has 1 aliphatic carbocycles. The molecule has 29 heavy (non-hydrogen) atoms. The fraction of sp³-hybridized carbons (Fsp3) is 0.682. The highest BCUT2D eigenvalue weighted by atomic mass is 127. The standard InChI is InChI=1S/C22H36FN5.HI/c1-24-22(25-15-17-8-9-21(23)18(14-17)16-27(2)3)26-19-10-12-28(13-11-19)20-6-4-5-7-20;/h8-9,14,19-20H,4-7,10-13,15-16H2,1-3H3,(H2,24,25,26);1H. The van der Waals surface area contributed by atoms with E-state index >= 15 is 0 Å². The van der Waals surface area contributed by atoms with Gasteiger partial charge < -0.3 is 20.4 Å². The summed E-state index contributed by atoms with van der Waals surface area (Å²) in [4.78, 5) is 9.05. The first-order chi connectivity index (χ1) is 13.5. The highest BCUT2D eigenvalue weighted by molar-refractivity contribution is 14.0. The molecule has 3 rings (SSSR count). The molecule has 0 bridgehead atoms. The summed E-state index contributed by atoms with van der Waals surface area (Å²) in [6.45, 7) is 3.61. The Balaban J connectivity index is 0.00000300. The van der Waals surface area contributed by atoms with Crippen LogP contribution in [0.15, 0.2) is 23.2 Å². The monoisotopic (exact) mass is 517 g/mol. The second-order valence-corrected chi connectivity index (χ2v) is 8.48. The molecule has 1 aliphatic heterocycles. The Bertz CT molecular complexity index is 653. The lowest BCUT2D eigenvalue weighted by Gasteiger charge is -2.36. The molecule has 0 spiro atoms. The second kappa shape index (κ2) is 12.1. The number of halogens is 2. The largest absolute Gasteiger partial charge is 0.354 e. The van der Waals surface area contributed by atoms with E-state index in [9.17, 15) is 4.39 Å². The van der Waals surface area contributed by atoms with Crippen molar-refractivity contribution in [3.8, 4) is 0 Å². The van der Waals surface area contributed by atoms with Crippen molar-refractivity contribution in [2.45, 2.75) is 63.7 Å². The number of nitrogens with zero attached hydrogens (tertiary/aromatic N) is 3. The zero-order valence-corrected chi connectivity index (χ0v) is 20.4. The van der Waals surface area contributed by atoms with Crippen LogP contribution in [-0.2, 0) is 13.1 Å². The van der Waals surface area contributed by atoms with Gasteiger partial charge >= 0.3 is 0 Å². The number of aliphatic imine (C=N–C) groups is 1. The van der Waals surface area contributed by atoms with Crippen molar-refractivity contribution in [2.24, 2.45) is 4.99 Å². The molecule has 0 unspecified atom stereocenters. The van der Waals surface area contributed by atoms with E-state index in [-0.39, 0.29) is 29.8 Å². The minimum Gasteiger partial charge on any atom is -0.354 e. The molecule has 2 aliphatic rings. The third kappa shape index (κ3) is 7.36. The molecule has 2 N–H and O–H groups in total. The van der Waals surface area contributed by atoms with Crippen LogP contribution in [0.2, 0.25) is 0 Å². The highest BCUT2D eigenvalue weighted by Gasteiger charge is 2.27. The smallest absolute Gasteiger partial charge is 0.191 e. The van der Waals surface area contributed by atoms with E-state index in [0.29, 0.717) is 19.1 Å². The second-order valence-electron chi connectivity index (χ2n) is 8.48. The third-order valence-corrected chi connectivity index (χ3v) is 5.99. The molecule has 164 valence electrons. The summed E-state index contributed by atoms with van der Waals surface area (Å²) >= 11 is 0. The first-order valence-electron chi connectivity index (χ1n) is 10.7. The molecule has 1 aromatic rings. The van der Waals surface area contributed by atoms with Gasteiger partial charge in [0.15, 0.2) is 5.96 Å². The van der Waals surface area contributed by atoms with Gasteiger partial charge in [-0.25, -0.2) is 4.39 Å². The molecule has 1 saturated carbocycles. The Kier molecular flexibility index (Phi) is 10.1. The summed E-state index contributed by atoms with van der Waals surface area (Å²) in [7, 11) is 5.72. The first-order valence-corrected chi connectivity index (χ1v) is 10.7. The average Bonchev–Trinajstić information content (AvgIpc) is 3.22. The van der Waals surface area contributed by atoms with Crippen molar-refractivity contribution in [1.29, 1.82) is 0 Å². The van der Waals surface area contributed by atoms with Crippen LogP contribution in [0.3, 0.4) is 0 Å². The molecule has 2 fully saturated rings. The number of nitrogens with one attached hydrogen (secondary N) is 2. The minimum absolute atomic E-state index is 0. The van der Waals surface area contributed by atoms with Crippen LogP contribution in [0, 0.1) is 5.82 Å². The maximum absolute atomic E-state index is 14.0. The number of guanidine groups is 1. The molecule has 5 nitrogen and oxygen atoms in total. The van der Waals surface area contributed by atoms with Crippen molar-refractivity contribution in [1.82, 2.24) is 20.4 Å². The van der Waals surface area contributed by atoms with Crippen LogP contribution in [0.5, 0.6) is 0 Å². The van der Waals surface area contributed by atoms with Gasteiger partial charge in [-0.1, -0.05) is 18.9 Å². The molecule has 7 heteroatoms. The van der Waals surface area contributed by atoms with Crippen LogP contribution >= 0.6 is 24.0 Å². The van der Waals surface area contributed by atoms with E-state index in [4.69, 9.17) is 0 Å². The Hall–Kier alpha value is -0.930. The zero-order chi connectivity index (χ0) is 19.9. The number of benzene rings is 1. The number of piperidine rings is 1. The van der Waals surface area contributed by atoms with E-state index in [1.807, 2.05) is 38.2 Å². The highest BCUT2D eigenvalue weighted by Crippen LogP contribution is 2.26. The lowest BCUT2D eigenvalue weighted by Crippen LogP contribution is -2.50. The predicted octanol–water partition coefficient (Wildman–Crippen LogP) is 3.58. The Morgan fingerprint density at radius 1 is 1.17 bits per heavy atom. The zero-order valence-electron chi connectivity index (χ0n) is 18.1. The lowest BCUT2D eigenvalue weighted by molar-refractivity contribution is 0.150. The molecule has 0 atom stereocenters. The summed E-state index contributed by atoms with van der Waals surface area (Å²) in [5.41, 5.74) is 1.80. The van der Waals surface area contributed by atoms with Gasteiger partial charge in [-0.15, -0.1) is 24.0 Å². The Morgan fingerprint density at radius 2 is 1.86 bits per heavy atom. The van der Waals surface area contributed by atoms with Crippen LogP contribution in [-0.4, -0.2) is 62.1 Å². The van der Waals surface area contributed by atoms with E-state index < -0.39 is 0 Å². The van der Waals surface area contributed by atoms with Crippen molar-refractivity contribution < 1.29 is 4.39 Å². The first kappa shape index (κ1) is 24.3. The number of hydrogen-bond donors (Lipinski definition) is 2. The van der Waals surface area contributed by atoms with Gasteiger partial charge in [-0.05, 0) is 57.5 Å². The van der Waals surface area contributed by atoms with Crippen LogP contribution in [0.25, 0.3) is 0 Å². The van der Waals surface area contributed by atoms with Crippen LogP contribution in [0.1, 0.15) is 49.7 Å². The molecule has 0 radical (unpaired) electrons. The van der Waals surface area contributed by atoms with Crippen molar-refractivity contribution in [3.05, 3.63) is 35.1 Å². The molecular formula is C22H37FIN5. The van der Waals surface area contributed by atoms with Crippen molar-refractivity contribution in [3.63, 3.8) is 0 Å². The lowest BCUT2D eigenvalue weighted by atomic mass is 10.0. The fourth-order valence-corrected chi connectivity index (χ4v) is 4.45. The summed E-state index contributed by atoms with van der Waals surface area (Å²) in [6, 6.07) is 6.64. The summed E-state index contributed by atoms with van der Waals surface area (Å²) < 4.78 is 14.0. The molecule has 1 aromatic carbocycles. The van der Waals surface area contributed by atoms with Crippen molar-refractivity contribution >= 4 is 29.9 Å². The van der Waals surface area contributed by atoms with Crippen LogP contribution in [0.4, 0.5) is 4.39 Å². The van der Waals surface area contributed by atoms with Gasteiger partial charge in [0.1, 0.15) is 5.82 Å². The molecule has 0 aromatic heterocycles. The van der Waals surface area contributed by atoms with Gasteiger partial charge in [0.2, 0.25) is 0 Å². The Morgan fingerprint density at radius 3 is 2.48 bits per heavy atom. The van der Waals surface area contributed by atoms with E-state index in [0.717, 1.165) is 23.1 Å². The Labute approximate surface area is 192 Å². The van der Waals surface area contributed by atoms with Gasteiger partial charge in [0.25, 0.3) is 0 Å². The SMILES string of the molecule is CN=C(NCc1ccc(F)c(CN(C)C)c1)NC1CCN(C2CCCC2)CC1.I. The normalized spacial score (nSPS) is 19.4. The molecular weight excluding hydrogens is 480 g/mol. The average molecular weight is 517 g/mol. The molecule has 1 saturated heterocycles. The third-order valence-electron chi connectivity index (χ3n) is 5.99. The quantitative estimate of drug-likeness (QED) is 0.344. The summed E-state index contributed by atoms with van der Waals surface area (Å²) in [5.74, 6) is 0.687. The van der Waals surface area contributed by atoms with Gasteiger partial charge in [-0.3, -0.25) is 4.99 Å². The van der Waals surface area contributed by atoms with Gasteiger partial charge in [0.05, 0.1) is 0 Å². The van der Waals surface area contributed by atoms with Gasteiger partial charge in [-0.2, -0.15) is 0 Å². The topological polar surface area (TPSA) is 42.9 Å². The predicted molar refractivity (Wildman–Crippen MR) is 129 cm³/mol. The molecule has 1 heterocycles. The van der Waals surface area contributed by atoms with Crippen molar-refractivity contribution in [2.75, 3.05) is 34.2 Å². The van der Waals surface area contributed by atoms with E-state index in [1.54, 1.807) is 6.07 Å². The maximum Gasteiger partial charge on any atom is 0.191 e. The van der Waals surface area contributed by atoms with Gasteiger partial charge in [0, 0.05) is 50.9 Å². The summed E-state index contributed by atoms with van der Waals surface area (Å²) in [5, 5.41) is 6.96. The fourth-order valence-electron chi connectivity index (χ4n) is 4.45. The maximum atomic E-state index is 14.0. The van der Waals surface area contributed by atoms with Crippen LogP contribution < -0.4 is 10.6 Å². The van der Waals surface area contributed by atoms with E-state index in [2.05, 4.69) is 20.5 Å². The minimum atomic E-state index is -0.144. The number of rotatable bonds is 6. The van der Waals surface area contributed by atoms with E-state index in [1.165, 1.54) is 51.6 Å². The molecule has 0 amide bonds. The number of likely N-dealkylation sites (tertiary alicyclic amines) is 1. The number of hydrogen-bond acceptors (Lipinski definition) is 3. The summed E-state index contributed by atoms with van der Waals surface area (Å²) in [6.07, 6.45) is 7.91.